The lowest BCUT2D eigenvalue weighted by atomic mass is 10.0. The van der Waals surface area contributed by atoms with Crippen molar-refractivity contribution in [3.05, 3.63) is 81.2 Å². The second-order valence-corrected chi connectivity index (χ2v) is 6.18. The predicted molar refractivity (Wildman–Crippen MR) is 97.6 cm³/mol. The highest BCUT2D eigenvalue weighted by Crippen LogP contribution is 2.16. The van der Waals surface area contributed by atoms with Crippen LogP contribution < -0.4 is 5.43 Å². The molecule has 0 aliphatic rings. The van der Waals surface area contributed by atoms with Gasteiger partial charge in [-0.3, -0.25) is 9.59 Å². The van der Waals surface area contributed by atoms with E-state index in [9.17, 15) is 14.4 Å². The number of aryl methyl sites for hydroxylation is 2. The molecule has 0 amide bonds. The van der Waals surface area contributed by atoms with E-state index in [0.717, 1.165) is 17.2 Å². The van der Waals surface area contributed by atoms with Crippen LogP contribution in [0.3, 0.4) is 0 Å². The number of carbonyl (C=O) groups is 2. The van der Waals surface area contributed by atoms with Gasteiger partial charge in [-0.25, -0.2) is 4.79 Å². The minimum atomic E-state index is -0.999. The Morgan fingerprint density at radius 2 is 1.73 bits per heavy atom. The van der Waals surface area contributed by atoms with E-state index in [2.05, 4.69) is 0 Å². The van der Waals surface area contributed by atoms with Crippen molar-refractivity contribution in [1.29, 1.82) is 0 Å². The van der Waals surface area contributed by atoms with Crippen LogP contribution in [-0.4, -0.2) is 17.9 Å². The van der Waals surface area contributed by atoms with Crippen LogP contribution in [0.4, 0.5) is 0 Å². The zero-order valence-corrected chi connectivity index (χ0v) is 14.7. The molecule has 0 aliphatic heterocycles. The van der Waals surface area contributed by atoms with Gasteiger partial charge >= 0.3 is 5.97 Å². The van der Waals surface area contributed by atoms with E-state index in [-0.39, 0.29) is 17.0 Å². The number of hydrogen-bond donors (Lipinski definition) is 0. The summed E-state index contributed by atoms with van der Waals surface area (Å²) in [5.41, 5.74) is 2.47. The predicted octanol–water partition coefficient (Wildman–Crippen LogP) is 3.84. The summed E-state index contributed by atoms with van der Waals surface area (Å²) < 4.78 is 10.6. The fourth-order valence-electron chi connectivity index (χ4n) is 2.61. The van der Waals surface area contributed by atoms with E-state index in [1.54, 1.807) is 36.4 Å². The number of ether oxygens (including phenoxy) is 1. The summed E-state index contributed by atoms with van der Waals surface area (Å²) in [5, 5.41) is 0.378. The van der Waals surface area contributed by atoms with Crippen molar-refractivity contribution < 1.29 is 18.7 Å². The van der Waals surface area contributed by atoms with Crippen LogP contribution in [0.15, 0.2) is 57.7 Å². The minimum Gasteiger partial charge on any atom is -0.449 e. The number of fused-ring (bicyclic) bond motifs is 1. The zero-order chi connectivity index (χ0) is 18.8. The Morgan fingerprint density at radius 3 is 2.46 bits per heavy atom. The maximum absolute atomic E-state index is 12.5. The summed E-state index contributed by atoms with van der Waals surface area (Å²) in [6.45, 7) is 5.36. The first-order valence-electron chi connectivity index (χ1n) is 8.22. The van der Waals surface area contributed by atoms with E-state index >= 15 is 0 Å². The molecule has 2 aromatic carbocycles. The lowest BCUT2D eigenvalue weighted by Gasteiger charge is -2.13. The highest BCUT2D eigenvalue weighted by Gasteiger charge is 2.22. The highest BCUT2D eigenvalue weighted by atomic mass is 16.6. The average molecular weight is 350 g/mol. The fraction of sp³-hybridized carbons (Fsp3) is 0.190. The molecule has 5 nitrogen and oxygen atoms in total. The Labute approximate surface area is 150 Å². The van der Waals surface area contributed by atoms with Gasteiger partial charge in [0.25, 0.3) is 0 Å². The summed E-state index contributed by atoms with van der Waals surface area (Å²) in [7, 11) is 0. The Bertz CT molecular complexity index is 1060. The molecular weight excluding hydrogens is 332 g/mol. The summed E-state index contributed by atoms with van der Waals surface area (Å²) in [4.78, 5) is 36.9. The topological polar surface area (TPSA) is 73.6 Å². The molecule has 0 fully saturated rings. The molecule has 3 aromatic rings. The van der Waals surface area contributed by atoms with Crippen molar-refractivity contribution in [2.24, 2.45) is 0 Å². The molecule has 26 heavy (non-hydrogen) atoms. The number of benzene rings is 2. The zero-order valence-electron chi connectivity index (χ0n) is 14.7. The first-order chi connectivity index (χ1) is 12.4. The van der Waals surface area contributed by atoms with Crippen molar-refractivity contribution in [2.45, 2.75) is 26.9 Å². The monoisotopic (exact) mass is 350 g/mol. The second-order valence-electron chi connectivity index (χ2n) is 6.18. The molecule has 3 rings (SSSR count). The molecule has 1 atom stereocenters. The largest absolute Gasteiger partial charge is 0.449 e. The molecule has 0 bridgehead atoms. The van der Waals surface area contributed by atoms with Crippen LogP contribution in [0.25, 0.3) is 11.0 Å². The Balaban J connectivity index is 1.81. The van der Waals surface area contributed by atoms with E-state index in [0.29, 0.717) is 16.5 Å². The molecule has 132 valence electrons. The molecular formula is C21H18O5. The van der Waals surface area contributed by atoms with E-state index in [1.165, 1.54) is 6.92 Å². The summed E-state index contributed by atoms with van der Waals surface area (Å²) in [5.74, 6) is -1.39. The van der Waals surface area contributed by atoms with Crippen LogP contribution in [0.1, 0.15) is 39.0 Å². The molecule has 0 aliphatic carbocycles. The van der Waals surface area contributed by atoms with Crippen molar-refractivity contribution in [2.75, 3.05) is 0 Å². The standard InChI is InChI=1S/C21H18O5/c1-12-8-9-15(10-13(12)2)20(23)14(3)25-21(24)19-11-17(22)16-6-4-5-7-18(16)26-19/h4-11,14H,1-3H3/t14-/m1/s1. The van der Waals surface area contributed by atoms with Crippen molar-refractivity contribution in [3.63, 3.8) is 0 Å². The lowest BCUT2D eigenvalue weighted by Crippen LogP contribution is -2.25. The number of carbonyl (C=O) groups excluding carboxylic acids is 2. The van der Waals surface area contributed by atoms with Crippen molar-refractivity contribution >= 4 is 22.7 Å². The molecule has 0 saturated heterocycles. The summed E-state index contributed by atoms with van der Waals surface area (Å²) in [6, 6.07) is 13.0. The van der Waals surface area contributed by atoms with E-state index in [4.69, 9.17) is 9.15 Å². The number of esters is 1. The first kappa shape index (κ1) is 17.6. The molecule has 5 heteroatoms. The van der Waals surface area contributed by atoms with Crippen LogP contribution in [0.2, 0.25) is 0 Å². The van der Waals surface area contributed by atoms with Crippen LogP contribution in [0.5, 0.6) is 0 Å². The van der Waals surface area contributed by atoms with Crippen LogP contribution >= 0.6 is 0 Å². The fourth-order valence-corrected chi connectivity index (χ4v) is 2.61. The van der Waals surface area contributed by atoms with E-state index < -0.39 is 12.1 Å². The van der Waals surface area contributed by atoms with Gasteiger partial charge in [-0.1, -0.05) is 24.3 Å². The van der Waals surface area contributed by atoms with Crippen molar-refractivity contribution in [1.82, 2.24) is 0 Å². The molecule has 0 unspecified atom stereocenters. The number of hydrogen-bond acceptors (Lipinski definition) is 5. The van der Waals surface area contributed by atoms with Crippen LogP contribution in [0, 0.1) is 13.8 Å². The lowest BCUT2D eigenvalue weighted by molar-refractivity contribution is 0.0289. The molecule has 0 saturated carbocycles. The maximum Gasteiger partial charge on any atom is 0.375 e. The van der Waals surface area contributed by atoms with Gasteiger partial charge in [0.2, 0.25) is 11.5 Å². The Hall–Kier alpha value is -3.21. The Kier molecular flexibility index (Phi) is 4.71. The second kappa shape index (κ2) is 6.96. The highest BCUT2D eigenvalue weighted by molar-refractivity contribution is 6.01. The normalized spacial score (nSPS) is 12.0. The third kappa shape index (κ3) is 3.42. The number of para-hydroxylation sites is 1. The Morgan fingerprint density at radius 1 is 1.00 bits per heavy atom. The SMILES string of the molecule is Cc1ccc(C(=O)[C@@H](C)OC(=O)c2cc(=O)c3ccccc3o2)cc1C. The van der Waals surface area contributed by atoms with Crippen LogP contribution in [-0.2, 0) is 4.74 Å². The molecule has 1 heterocycles. The first-order valence-corrected chi connectivity index (χ1v) is 8.22. The van der Waals surface area contributed by atoms with Gasteiger partial charge in [0.05, 0.1) is 5.39 Å². The quantitative estimate of drug-likeness (QED) is 0.528. The number of Topliss-reactive ketones (excluding diaryl/α,β-unsaturated/α-hetero) is 1. The molecule has 0 radical (unpaired) electrons. The summed E-state index contributed by atoms with van der Waals surface area (Å²) >= 11 is 0. The van der Waals surface area contributed by atoms with Gasteiger partial charge < -0.3 is 9.15 Å². The molecule has 0 N–H and O–H groups in total. The van der Waals surface area contributed by atoms with Gasteiger partial charge in [0.15, 0.2) is 11.5 Å². The maximum atomic E-state index is 12.5. The summed E-state index contributed by atoms with van der Waals surface area (Å²) in [6.07, 6.45) is -0.999. The smallest absolute Gasteiger partial charge is 0.375 e. The molecule has 1 aromatic heterocycles. The van der Waals surface area contributed by atoms with Gasteiger partial charge in [-0.05, 0) is 50.1 Å². The van der Waals surface area contributed by atoms with Gasteiger partial charge in [-0.15, -0.1) is 0 Å². The number of rotatable bonds is 4. The average Bonchev–Trinajstić information content (AvgIpc) is 2.63. The number of ketones is 1. The minimum absolute atomic E-state index is 0.228. The van der Waals surface area contributed by atoms with Crippen molar-refractivity contribution in [3.8, 4) is 0 Å². The van der Waals surface area contributed by atoms with Gasteiger partial charge in [0, 0.05) is 11.6 Å². The van der Waals surface area contributed by atoms with Gasteiger partial charge in [-0.2, -0.15) is 0 Å². The van der Waals surface area contributed by atoms with Gasteiger partial charge in [0.1, 0.15) is 5.58 Å². The van der Waals surface area contributed by atoms with E-state index in [1.807, 2.05) is 19.9 Å². The third-order valence-electron chi connectivity index (χ3n) is 4.28. The third-order valence-corrected chi connectivity index (χ3v) is 4.28. The molecule has 0 spiro atoms.